The average Bonchev–Trinajstić information content (AvgIpc) is 2.86. The Balaban J connectivity index is 2.07. The first-order chi connectivity index (χ1) is 9.20. The lowest BCUT2D eigenvalue weighted by molar-refractivity contribution is 0.779. The van der Waals surface area contributed by atoms with E-state index >= 15 is 0 Å². The summed E-state index contributed by atoms with van der Waals surface area (Å²) in [6, 6.07) is 2.48. The van der Waals surface area contributed by atoms with Crippen LogP contribution in [0.3, 0.4) is 0 Å². The van der Waals surface area contributed by atoms with Crippen LogP contribution in [0.15, 0.2) is 23.2 Å². The van der Waals surface area contributed by atoms with Crippen LogP contribution in [0.5, 0.6) is 0 Å². The Labute approximate surface area is 118 Å². The van der Waals surface area contributed by atoms with Crippen molar-refractivity contribution in [1.29, 1.82) is 0 Å². The molecule has 3 N–H and O–H groups in total. The maximum absolute atomic E-state index is 5.93. The van der Waals surface area contributed by atoms with Crippen molar-refractivity contribution in [1.82, 2.24) is 9.97 Å². The summed E-state index contributed by atoms with van der Waals surface area (Å²) in [5, 5.41) is 7.73. The van der Waals surface area contributed by atoms with E-state index < -0.39 is 0 Å². The van der Waals surface area contributed by atoms with E-state index in [0.29, 0.717) is 11.9 Å². The minimum Gasteiger partial charge on any atom is -0.383 e. The summed E-state index contributed by atoms with van der Waals surface area (Å²) < 4.78 is 0. The lowest BCUT2D eigenvalue weighted by Gasteiger charge is -2.17. The van der Waals surface area contributed by atoms with Crippen LogP contribution in [0.4, 0.5) is 11.6 Å². The topological polar surface area (TPSA) is 63.8 Å². The number of thiophene rings is 1. The van der Waals surface area contributed by atoms with E-state index in [2.05, 4.69) is 46.0 Å². The summed E-state index contributed by atoms with van der Waals surface area (Å²) in [5.74, 6) is 1.46. The molecule has 0 fully saturated rings. The van der Waals surface area contributed by atoms with Gasteiger partial charge in [-0.05, 0) is 42.2 Å². The number of anilines is 2. The van der Waals surface area contributed by atoms with Crippen molar-refractivity contribution in [3.8, 4) is 0 Å². The molecule has 4 nitrogen and oxygen atoms in total. The van der Waals surface area contributed by atoms with E-state index in [4.69, 9.17) is 5.73 Å². The Hall–Kier alpha value is -1.62. The maximum atomic E-state index is 5.93. The van der Waals surface area contributed by atoms with Crippen molar-refractivity contribution in [3.63, 3.8) is 0 Å². The van der Waals surface area contributed by atoms with Gasteiger partial charge < -0.3 is 11.1 Å². The van der Waals surface area contributed by atoms with Gasteiger partial charge in [0.1, 0.15) is 18.0 Å². The van der Waals surface area contributed by atoms with Gasteiger partial charge in [-0.3, -0.25) is 0 Å². The summed E-state index contributed by atoms with van der Waals surface area (Å²) in [4.78, 5) is 8.40. The van der Waals surface area contributed by atoms with Crippen LogP contribution in [0, 0.1) is 0 Å². The molecule has 0 spiro atoms. The number of nitrogen functional groups attached to an aromatic ring is 1. The highest BCUT2D eigenvalue weighted by Crippen LogP contribution is 2.20. The highest BCUT2D eigenvalue weighted by Gasteiger charge is 2.11. The van der Waals surface area contributed by atoms with E-state index in [-0.39, 0.29) is 0 Å². The molecule has 2 heterocycles. The molecule has 0 radical (unpaired) electrons. The lowest BCUT2D eigenvalue weighted by atomic mass is 10.1. The normalized spacial score (nSPS) is 12.3. The maximum Gasteiger partial charge on any atom is 0.134 e. The molecule has 0 bridgehead atoms. The Morgan fingerprint density at radius 1 is 1.42 bits per heavy atom. The van der Waals surface area contributed by atoms with Crippen molar-refractivity contribution in [3.05, 3.63) is 34.3 Å². The lowest BCUT2D eigenvalue weighted by Crippen LogP contribution is -2.20. The Morgan fingerprint density at radius 3 is 2.95 bits per heavy atom. The first-order valence-electron chi connectivity index (χ1n) is 6.57. The molecule has 0 saturated heterocycles. The number of rotatable bonds is 6. The monoisotopic (exact) mass is 276 g/mol. The molecule has 1 unspecified atom stereocenters. The zero-order chi connectivity index (χ0) is 13.7. The fourth-order valence-corrected chi connectivity index (χ4v) is 2.78. The third-order valence-corrected chi connectivity index (χ3v) is 3.72. The van der Waals surface area contributed by atoms with Crippen LogP contribution in [0.25, 0.3) is 0 Å². The molecular formula is C14H20N4S. The molecule has 2 aromatic rings. The fraction of sp³-hybridized carbons (Fsp3) is 0.429. The fourth-order valence-electron chi connectivity index (χ4n) is 2.09. The van der Waals surface area contributed by atoms with Crippen molar-refractivity contribution >= 4 is 23.0 Å². The SMILES string of the molecule is CCCc1c(N)ncnc1NC(C)Cc1ccsc1. The van der Waals surface area contributed by atoms with Gasteiger partial charge in [0.05, 0.1) is 0 Å². The third kappa shape index (κ3) is 3.67. The number of aromatic nitrogens is 2. The van der Waals surface area contributed by atoms with Crippen LogP contribution in [-0.2, 0) is 12.8 Å². The minimum absolute atomic E-state index is 0.319. The largest absolute Gasteiger partial charge is 0.383 e. The summed E-state index contributed by atoms with van der Waals surface area (Å²) in [7, 11) is 0. The number of nitrogens with zero attached hydrogens (tertiary/aromatic N) is 2. The van der Waals surface area contributed by atoms with Crippen LogP contribution < -0.4 is 11.1 Å². The van der Waals surface area contributed by atoms with E-state index in [1.54, 1.807) is 11.3 Å². The molecule has 0 aliphatic heterocycles. The van der Waals surface area contributed by atoms with Gasteiger partial charge in [0.2, 0.25) is 0 Å². The molecule has 5 heteroatoms. The predicted octanol–water partition coefficient (Wildman–Crippen LogP) is 3.12. The standard InChI is InChI=1S/C14H20N4S/c1-3-4-12-13(15)16-9-17-14(12)18-10(2)7-11-5-6-19-8-11/h5-6,8-10H,3-4,7H2,1-2H3,(H3,15,16,17,18). The summed E-state index contributed by atoms with van der Waals surface area (Å²) in [5.41, 5.74) is 8.31. The van der Waals surface area contributed by atoms with Gasteiger partial charge in [-0.25, -0.2) is 9.97 Å². The van der Waals surface area contributed by atoms with Gasteiger partial charge in [0, 0.05) is 11.6 Å². The van der Waals surface area contributed by atoms with Gasteiger partial charge >= 0.3 is 0 Å². The molecule has 0 aliphatic rings. The van der Waals surface area contributed by atoms with Gasteiger partial charge in [0.25, 0.3) is 0 Å². The van der Waals surface area contributed by atoms with E-state index in [9.17, 15) is 0 Å². The second kappa shape index (κ2) is 6.52. The Bertz CT molecular complexity index is 510. The molecule has 0 saturated carbocycles. The van der Waals surface area contributed by atoms with E-state index in [0.717, 1.165) is 30.6 Å². The van der Waals surface area contributed by atoms with Crippen LogP contribution in [0.1, 0.15) is 31.4 Å². The van der Waals surface area contributed by atoms with Crippen molar-refractivity contribution < 1.29 is 0 Å². The van der Waals surface area contributed by atoms with Gasteiger partial charge in [-0.1, -0.05) is 13.3 Å². The third-order valence-electron chi connectivity index (χ3n) is 2.98. The molecule has 2 rings (SSSR count). The van der Waals surface area contributed by atoms with Crippen LogP contribution >= 0.6 is 11.3 Å². The highest BCUT2D eigenvalue weighted by molar-refractivity contribution is 7.07. The first kappa shape index (κ1) is 13.8. The number of hydrogen-bond acceptors (Lipinski definition) is 5. The van der Waals surface area contributed by atoms with Gasteiger partial charge in [-0.15, -0.1) is 0 Å². The molecule has 0 aliphatic carbocycles. The van der Waals surface area contributed by atoms with Crippen molar-refractivity contribution in [2.75, 3.05) is 11.1 Å². The second-order valence-corrected chi connectivity index (χ2v) is 5.50. The molecule has 0 amide bonds. The zero-order valence-corrected chi connectivity index (χ0v) is 12.2. The predicted molar refractivity (Wildman–Crippen MR) is 81.5 cm³/mol. The smallest absolute Gasteiger partial charge is 0.134 e. The Kier molecular flexibility index (Phi) is 4.74. The highest BCUT2D eigenvalue weighted by atomic mass is 32.1. The molecule has 19 heavy (non-hydrogen) atoms. The summed E-state index contributed by atoms with van der Waals surface area (Å²) in [6.45, 7) is 4.29. The first-order valence-corrected chi connectivity index (χ1v) is 7.52. The molecule has 102 valence electrons. The molecule has 0 aromatic carbocycles. The number of nitrogens with two attached hydrogens (primary N) is 1. The van der Waals surface area contributed by atoms with Crippen molar-refractivity contribution in [2.24, 2.45) is 0 Å². The van der Waals surface area contributed by atoms with Gasteiger partial charge in [-0.2, -0.15) is 11.3 Å². The molecule has 2 aromatic heterocycles. The van der Waals surface area contributed by atoms with Crippen LogP contribution in [0.2, 0.25) is 0 Å². The molecular weight excluding hydrogens is 256 g/mol. The number of nitrogens with one attached hydrogen (secondary N) is 1. The molecule has 1 atom stereocenters. The average molecular weight is 276 g/mol. The quantitative estimate of drug-likeness (QED) is 0.851. The second-order valence-electron chi connectivity index (χ2n) is 4.72. The van der Waals surface area contributed by atoms with Gasteiger partial charge in [0.15, 0.2) is 0 Å². The summed E-state index contributed by atoms with van der Waals surface area (Å²) in [6.07, 6.45) is 4.44. The zero-order valence-electron chi connectivity index (χ0n) is 11.4. The summed E-state index contributed by atoms with van der Waals surface area (Å²) >= 11 is 1.73. The van der Waals surface area contributed by atoms with Crippen molar-refractivity contribution in [2.45, 2.75) is 39.2 Å². The number of hydrogen-bond donors (Lipinski definition) is 2. The van der Waals surface area contributed by atoms with E-state index in [1.165, 1.54) is 11.9 Å². The van der Waals surface area contributed by atoms with Crippen LogP contribution in [-0.4, -0.2) is 16.0 Å². The minimum atomic E-state index is 0.319. The van der Waals surface area contributed by atoms with E-state index in [1.807, 2.05) is 0 Å². The Morgan fingerprint density at radius 2 is 2.26 bits per heavy atom.